The highest BCUT2D eigenvalue weighted by Gasteiger charge is 2.01. The van der Waals surface area contributed by atoms with Gasteiger partial charge in [-0.25, -0.2) is 4.98 Å². The summed E-state index contributed by atoms with van der Waals surface area (Å²) in [6, 6.07) is 5.21. The summed E-state index contributed by atoms with van der Waals surface area (Å²) in [6.07, 6.45) is 1.75. The molecule has 1 heterocycles. The SMILES string of the molecule is Nc1ccc(OCc2nccs2)cc1Cl. The third kappa shape index (κ3) is 2.61. The Morgan fingerprint density at radius 3 is 3.00 bits per heavy atom. The van der Waals surface area contributed by atoms with Crippen molar-refractivity contribution in [3.63, 3.8) is 0 Å². The first-order valence-electron chi connectivity index (χ1n) is 4.32. The lowest BCUT2D eigenvalue weighted by Crippen LogP contribution is -1.95. The summed E-state index contributed by atoms with van der Waals surface area (Å²) < 4.78 is 5.49. The van der Waals surface area contributed by atoms with Gasteiger partial charge in [0, 0.05) is 17.6 Å². The number of anilines is 1. The van der Waals surface area contributed by atoms with E-state index in [4.69, 9.17) is 22.1 Å². The lowest BCUT2D eigenvalue weighted by molar-refractivity contribution is 0.305. The molecule has 2 rings (SSSR count). The van der Waals surface area contributed by atoms with Crippen LogP contribution in [0.2, 0.25) is 5.02 Å². The highest BCUT2D eigenvalue weighted by molar-refractivity contribution is 7.09. The van der Waals surface area contributed by atoms with Gasteiger partial charge in [-0.05, 0) is 12.1 Å². The van der Waals surface area contributed by atoms with Crippen LogP contribution in [0.25, 0.3) is 0 Å². The number of aromatic nitrogens is 1. The molecule has 1 aromatic heterocycles. The molecule has 0 amide bonds. The van der Waals surface area contributed by atoms with Gasteiger partial charge in [0.2, 0.25) is 0 Å². The van der Waals surface area contributed by atoms with Crippen LogP contribution in [0, 0.1) is 0 Å². The van der Waals surface area contributed by atoms with Crippen LogP contribution in [0.3, 0.4) is 0 Å². The van der Waals surface area contributed by atoms with Crippen molar-refractivity contribution in [1.29, 1.82) is 0 Å². The van der Waals surface area contributed by atoms with E-state index in [-0.39, 0.29) is 0 Å². The summed E-state index contributed by atoms with van der Waals surface area (Å²) in [4.78, 5) is 4.11. The van der Waals surface area contributed by atoms with Crippen LogP contribution < -0.4 is 10.5 Å². The minimum absolute atomic E-state index is 0.456. The molecule has 0 unspecified atom stereocenters. The number of halogens is 1. The van der Waals surface area contributed by atoms with Gasteiger partial charge in [0.25, 0.3) is 0 Å². The van der Waals surface area contributed by atoms with E-state index >= 15 is 0 Å². The molecule has 0 aliphatic heterocycles. The van der Waals surface area contributed by atoms with Crippen molar-refractivity contribution in [3.05, 3.63) is 39.8 Å². The molecule has 0 spiro atoms. The predicted molar refractivity (Wildman–Crippen MR) is 62.3 cm³/mol. The van der Waals surface area contributed by atoms with Crippen molar-refractivity contribution < 1.29 is 4.74 Å². The lowest BCUT2D eigenvalue weighted by atomic mass is 10.3. The molecule has 5 heteroatoms. The first-order chi connectivity index (χ1) is 7.25. The molecule has 0 aliphatic rings. The second-order valence-electron chi connectivity index (χ2n) is 2.90. The average Bonchev–Trinajstić information content (AvgIpc) is 2.73. The maximum Gasteiger partial charge on any atom is 0.140 e. The van der Waals surface area contributed by atoms with Crippen LogP contribution in [-0.2, 0) is 6.61 Å². The van der Waals surface area contributed by atoms with Crippen molar-refractivity contribution in [2.75, 3.05) is 5.73 Å². The van der Waals surface area contributed by atoms with E-state index < -0.39 is 0 Å². The molecular formula is C10H9ClN2OS. The number of nitrogens with two attached hydrogens (primary N) is 1. The van der Waals surface area contributed by atoms with E-state index in [0.29, 0.717) is 23.1 Å². The van der Waals surface area contributed by atoms with Crippen molar-refractivity contribution in [1.82, 2.24) is 4.98 Å². The summed E-state index contributed by atoms with van der Waals surface area (Å²) in [6.45, 7) is 0.456. The molecule has 3 nitrogen and oxygen atoms in total. The van der Waals surface area contributed by atoms with Gasteiger partial charge in [0.1, 0.15) is 17.4 Å². The third-order valence-corrected chi connectivity index (χ3v) is 2.90. The zero-order valence-electron chi connectivity index (χ0n) is 7.81. The second-order valence-corrected chi connectivity index (χ2v) is 4.28. The maximum atomic E-state index is 5.86. The number of hydrogen-bond acceptors (Lipinski definition) is 4. The van der Waals surface area contributed by atoms with Gasteiger partial charge >= 0.3 is 0 Å². The van der Waals surface area contributed by atoms with E-state index in [0.717, 1.165) is 5.01 Å². The first kappa shape index (κ1) is 10.3. The lowest BCUT2D eigenvalue weighted by Gasteiger charge is -2.05. The number of nitrogens with zero attached hydrogens (tertiary/aromatic N) is 1. The number of nitrogen functional groups attached to an aromatic ring is 1. The average molecular weight is 241 g/mol. The molecule has 0 saturated carbocycles. The van der Waals surface area contributed by atoms with Gasteiger partial charge in [-0.3, -0.25) is 0 Å². The normalized spacial score (nSPS) is 10.2. The minimum atomic E-state index is 0.456. The Labute approximate surface area is 96.5 Å². The largest absolute Gasteiger partial charge is 0.486 e. The Kier molecular flexibility index (Phi) is 3.08. The van der Waals surface area contributed by atoms with E-state index in [1.807, 2.05) is 5.38 Å². The zero-order chi connectivity index (χ0) is 10.7. The Morgan fingerprint density at radius 1 is 1.47 bits per heavy atom. The van der Waals surface area contributed by atoms with Crippen molar-refractivity contribution in [2.24, 2.45) is 0 Å². The molecule has 0 fully saturated rings. The number of thiazole rings is 1. The van der Waals surface area contributed by atoms with E-state index in [9.17, 15) is 0 Å². The van der Waals surface area contributed by atoms with Crippen LogP contribution >= 0.6 is 22.9 Å². The molecule has 0 aliphatic carbocycles. The number of rotatable bonds is 3. The highest BCUT2D eigenvalue weighted by atomic mass is 35.5. The molecule has 2 N–H and O–H groups in total. The van der Waals surface area contributed by atoms with Crippen LogP contribution in [0.4, 0.5) is 5.69 Å². The molecule has 0 radical (unpaired) electrons. The number of hydrogen-bond donors (Lipinski definition) is 1. The Hall–Kier alpha value is -1.26. The Morgan fingerprint density at radius 2 is 2.33 bits per heavy atom. The van der Waals surface area contributed by atoms with Crippen LogP contribution in [0.5, 0.6) is 5.75 Å². The Balaban J connectivity index is 2.02. The molecule has 0 saturated heterocycles. The fourth-order valence-electron chi connectivity index (χ4n) is 1.07. The summed E-state index contributed by atoms with van der Waals surface area (Å²) in [7, 11) is 0. The monoisotopic (exact) mass is 240 g/mol. The smallest absolute Gasteiger partial charge is 0.140 e. The van der Waals surface area contributed by atoms with Gasteiger partial charge in [-0.1, -0.05) is 11.6 Å². The fraction of sp³-hybridized carbons (Fsp3) is 0.100. The summed E-state index contributed by atoms with van der Waals surface area (Å²) in [5, 5.41) is 3.35. The van der Waals surface area contributed by atoms with Crippen molar-refractivity contribution in [3.8, 4) is 5.75 Å². The van der Waals surface area contributed by atoms with Crippen LogP contribution in [0.1, 0.15) is 5.01 Å². The van der Waals surface area contributed by atoms with Gasteiger partial charge in [-0.2, -0.15) is 0 Å². The molecule has 15 heavy (non-hydrogen) atoms. The van der Waals surface area contributed by atoms with E-state index in [1.54, 1.807) is 35.7 Å². The number of benzene rings is 1. The van der Waals surface area contributed by atoms with Crippen molar-refractivity contribution >= 4 is 28.6 Å². The summed E-state index contributed by atoms with van der Waals surface area (Å²) in [5.41, 5.74) is 6.14. The molecule has 0 bridgehead atoms. The Bertz CT molecular complexity index is 445. The van der Waals surface area contributed by atoms with Gasteiger partial charge in [0.05, 0.1) is 10.7 Å². The number of ether oxygens (including phenoxy) is 1. The maximum absolute atomic E-state index is 5.86. The van der Waals surface area contributed by atoms with Gasteiger partial charge in [-0.15, -0.1) is 11.3 Å². The summed E-state index contributed by atoms with van der Waals surface area (Å²) in [5.74, 6) is 0.699. The molecular weight excluding hydrogens is 232 g/mol. The minimum Gasteiger partial charge on any atom is -0.486 e. The topological polar surface area (TPSA) is 48.1 Å². The van der Waals surface area contributed by atoms with Crippen LogP contribution in [0.15, 0.2) is 29.8 Å². The zero-order valence-corrected chi connectivity index (χ0v) is 9.39. The molecule has 78 valence electrons. The highest BCUT2D eigenvalue weighted by Crippen LogP contribution is 2.24. The molecule has 1 aromatic carbocycles. The standard InChI is InChI=1S/C10H9ClN2OS/c11-8-5-7(1-2-9(8)12)14-6-10-13-3-4-15-10/h1-5H,6,12H2. The predicted octanol–water partition coefficient (Wildman–Crippen LogP) is 2.96. The quantitative estimate of drug-likeness (QED) is 0.840. The van der Waals surface area contributed by atoms with Gasteiger partial charge < -0.3 is 10.5 Å². The molecule has 0 atom stereocenters. The second kappa shape index (κ2) is 4.51. The fourth-order valence-corrected chi connectivity index (χ4v) is 1.76. The first-order valence-corrected chi connectivity index (χ1v) is 5.57. The van der Waals surface area contributed by atoms with Crippen molar-refractivity contribution in [2.45, 2.75) is 6.61 Å². The van der Waals surface area contributed by atoms with Crippen LogP contribution in [-0.4, -0.2) is 4.98 Å². The van der Waals surface area contributed by atoms with E-state index in [1.165, 1.54) is 0 Å². The van der Waals surface area contributed by atoms with E-state index in [2.05, 4.69) is 4.98 Å². The summed E-state index contributed by atoms with van der Waals surface area (Å²) >= 11 is 7.41. The third-order valence-electron chi connectivity index (χ3n) is 1.82. The molecule has 2 aromatic rings. The van der Waals surface area contributed by atoms with Gasteiger partial charge in [0.15, 0.2) is 0 Å².